The summed E-state index contributed by atoms with van der Waals surface area (Å²) in [5.74, 6) is 2.59. The van der Waals surface area contributed by atoms with Gasteiger partial charge >= 0.3 is 0 Å². The highest BCUT2D eigenvalue weighted by atomic mass is 14.6. The Hall–Kier alpha value is -1.03. The summed E-state index contributed by atoms with van der Waals surface area (Å²) < 4.78 is 0. The smallest absolute Gasteiger partial charge is 0.0388 e. The first-order valence-corrected chi connectivity index (χ1v) is 2.10. The van der Waals surface area contributed by atoms with Gasteiger partial charge in [-0.1, -0.05) is 0 Å². The minimum Gasteiger partial charge on any atom is -0.206 e. The molecular formula is C6H5N. The quantitative estimate of drug-likeness (QED) is 0.398. The minimum absolute atomic E-state index is 1.08. The maximum atomic E-state index is 3.66. The Bertz CT molecular complexity index is 186. The lowest BCUT2D eigenvalue weighted by molar-refractivity contribution is 1.47. The van der Waals surface area contributed by atoms with Gasteiger partial charge in [0.1, 0.15) is 0 Å². The van der Waals surface area contributed by atoms with Crippen molar-refractivity contribution in [1.29, 1.82) is 0 Å². The monoisotopic (exact) mass is 91.0 g/mol. The Morgan fingerprint density at radius 2 is 2.57 bits per heavy atom. The third kappa shape index (κ3) is 0.902. The average molecular weight is 91.1 g/mol. The van der Waals surface area contributed by atoms with Crippen molar-refractivity contribution in [3.8, 4) is 0 Å². The van der Waals surface area contributed by atoms with Crippen molar-refractivity contribution in [2.45, 2.75) is 6.92 Å². The second kappa shape index (κ2) is 1.61. The first kappa shape index (κ1) is 4.14. The van der Waals surface area contributed by atoms with E-state index in [0.29, 0.717) is 0 Å². The zero-order chi connectivity index (χ0) is 5.11. The van der Waals surface area contributed by atoms with Crippen LogP contribution in [0.4, 0.5) is 0 Å². The fraction of sp³-hybridized carbons (Fsp3) is 0.167. The number of allylic oxidation sites excluding steroid dienone is 2. The van der Waals surface area contributed by atoms with Crippen LogP contribution in [0.5, 0.6) is 0 Å². The number of aliphatic imine (C=N–C) groups is 1. The molecule has 1 aliphatic heterocycles. The van der Waals surface area contributed by atoms with Crippen molar-refractivity contribution in [3.63, 3.8) is 0 Å². The molecule has 0 aromatic rings. The molecule has 0 N–H and O–H groups in total. The van der Waals surface area contributed by atoms with Crippen LogP contribution in [0.3, 0.4) is 0 Å². The van der Waals surface area contributed by atoms with Crippen LogP contribution in [0, 0.1) is 0 Å². The van der Waals surface area contributed by atoms with E-state index in [0.717, 1.165) is 5.57 Å². The van der Waals surface area contributed by atoms with Gasteiger partial charge in [0.15, 0.2) is 0 Å². The molecule has 0 unspecified atom stereocenters. The molecule has 1 heterocycles. The van der Waals surface area contributed by atoms with Gasteiger partial charge < -0.3 is 0 Å². The fourth-order valence-corrected chi connectivity index (χ4v) is 0.348. The molecule has 0 saturated heterocycles. The van der Waals surface area contributed by atoms with Crippen LogP contribution in [-0.4, -0.2) is 5.87 Å². The van der Waals surface area contributed by atoms with Gasteiger partial charge in [0.25, 0.3) is 0 Å². The summed E-state index contributed by atoms with van der Waals surface area (Å²) in [5, 5.41) is 0. The van der Waals surface area contributed by atoms with Crippen molar-refractivity contribution < 1.29 is 0 Å². The predicted octanol–water partition coefficient (Wildman–Crippen LogP) is 1.28. The van der Waals surface area contributed by atoms with Crippen LogP contribution >= 0.6 is 0 Å². The molecule has 0 spiro atoms. The maximum Gasteiger partial charge on any atom is 0.0388 e. The largest absolute Gasteiger partial charge is 0.206 e. The SMILES string of the molecule is CC1=C=C=NC=C1. The lowest BCUT2D eigenvalue weighted by atomic mass is 10.3. The van der Waals surface area contributed by atoms with Crippen LogP contribution in [0.15, 0.2) is 28.6 Å². The highest BCUT2D eigenvalue weighted by Gasteiger charge is 1.76. The van der Waals surface area contributed by atoms with Gasteiger partial charge in [-0.05, 0) is 18.7 Å². The van der Waals surface area contributed by atoms with Gasteiger partial charge in [-0.2, -0.15) is 0 Å². The van der Waals surface area contributed by atoms with E-state index in [1.54, 1.807) is 6.20 Å². The molecular weight excluding hydrogens is 86.1 g/mol. The number of hydrogen-bond acceptors (Lipinski definition) is 1. The Kier molecular flexibility index (Phi) is 0.953. The van der Waals surface area contributed by atoms with Gasteiger partial charge in [-0.3, -0.25) is 0 Å². The molecule has 34 valence electrons. The zero-order valence-corrected chi connectivity index (χ0v) is 4.10. The Balaban J connectivity index is 3.14. The van der Waals surface area contributed by atoms with Crippen LogP contribution in [-0.2, 0) is 0 Å². The van der Waals surface area contributed by atoms with E-state index in [1.807, 2.05) is 13.0 Å². The third-order valence-electron chi connectivity index (χ3n) is 0.717. The number of nitrogens with zero attached hydrogens (tertiary/aromatic N) is 1. The Morgan fingerprint density at radius 1 is 1.71 bits per heavy atom. The molecule has 0 amide bonds. The predicted molar refractivity (Wildman–Crippen MR) is 29.3 cm³/mol. The van der Waals surface area contributed by atoms with E-state index in [9.17, 15) is 0 Å². The molecule has 1 heteroatoms. The zero-order valence-electron chi connectivity index (χ0n) is 4.10. The summed E-state index contributed by atoms with van der Waals surface area (Å²) in [5.41, 5.74) is 3.87. The van der Waals surface area contributed by atoms with E-state index in [1.165, 1.54) is 0 Å². The van der Waals surface area contributed by atoms with E-state index in [2.05, 4.69) is 16.6 Å². The van der Waals surface area contributed by atoms with Crippen LogP contribution in [0.1, 0.15) is 6.92 Å². The van der Waals surface area contributed by atoms with Crippen molar-refractivity contribution >= 4 is 5.87 Å². The summed E-state index contributed by atoms with van der Waals surface area (Å²) in [6.07, 6.45) is 3.59. The molecule has 1 nitrogen and oxygen atoms in total. The van der Waals surface area contributed by atoms with Crippen LogP contribution < -0.4 is 0 Å². The summed E-state index contributed by atoms with van der Waals surface area (Å²) in [4.78, 5) is 3.66. The summed E-state index contributed by atoms with van der Waals surface area (Å²) in [6, 6.07) is 0. The maximum absolute atomic E-state index is 3.66. The van der Waals surface area contributed by atoms with Crippen LogP contribution in [0.25, 0.3) is 0 Å². The molecule has 0 aromatic carbocycles. The standard InChI is InChI=1S/C6H5N/c1-6-2-4-7-5-3-6/h2,4H,1H3. The van der Waals surface area contributed by atoms with Crippen molar-refractivity contribution in [1.82, 2.24) is 0 Å². The molecule has 0 aromatic heterocycles. The number of hydrogen-bond donors (Lipinski definition) is 0. The molecule has 0 aliphatic carbocycles. The van der Waals surface area contributed by atoms with E-state index < -0.39 is 0 Å². The van der Waals surface area contributed by atoms with E-state index >= 15 is 0 Å². The normalized spacial score (nSPS) is 14.7. The first-order valence-electron chi connectivity index (χ1n) is 2.10. The summed E-state index contributed by atoms with van der Waals surface area (Å²) in [6.45, 7) is 1.96. The lowest BCUT2D eigenvalue weighted by Crippen LogP contribution is -1.65. The second-order valence-corrected chi connectivity index (χ2v) is 1.36. The molecule has 1 aliphatic rings. The second-order valence-electron chi connectivity index (χ2n) is 1.36. The first-order chi connectivity index (χ1) is 3.39. The molecule has 0 radical (unpaired) electrons. The van der Waals surface area contributed by atoms with Gasteiger partial charge in [-0.15, -0.1) is 0 Å². The Labute approximate surface area is 42.4 Å². The third-order valence-corrected chi connectivity index (χ3v) is 0.717. The van der Waals surface area contributed by atoms with Crippen LogP contribution in [0.2, 0.25) is 0 Å². The summed E-state index contributed by atoms with van der Waals surface area (Å²) in [7, 11) is 0. The molecule has 0 bridgehead atoms. The molecule has 0 atom stereocenters. The highest BCUT2D eigenvalue weighted by Crippen LogP contribution is 1.91. The van der Waals surface area contributed by atoms with Gasteiger partial charge in [0.05, 0.1) is 0 Å². The molecule has 0 saturated carbocycles. The number of rotatable bonds is 0. The molecule has 7 heavy (non-hydrogen) atoms. The Morgan fingerprint density at radius 3 is 2.86 bits per heavy atom. The molecule has 0 fully saturated rings. The van der Waals surface area contributed by atoms with Crippen molar-refractivity contribution in [2.24, 2.45) is 4.99 Å². The van der Waals surface area contributed by atoms with Gasteiger partial charge in [0.2, 0.25) is 0 Å². The van der Waals surface area contributed by atoms with E-state index in [-0.39, 0.29) is 0 Å². The van der Waals surface area contributed by atoms with Crippen molar-refractivity contribution in [3.05, 3.63) is 23.6 Å². The van der Waals surface area contributed by atoms with Gasteiger partial charge in [0, 0.05) is 17.6 Å². The van der Waals surface area contributed by atoms with Gasteiger partial charge in [-0.25, -0.2) is 4.99 Å². The molecule has 1 rings (SSSR count). The topological polar surface area (TPSA) is 12.4 Å². The average Bonchev–Trinajstić information content (AvgIpc) is 1.69. The summed E-state index contributed by atoms with van der Waals surface area (Å²) >= 11 is 0. The van der Waals surface area contributed by atoms with E-state index in [4.69, 9.17) is 0 Å². The highest BCUT2D eigenvalue weighted by molar-refractivity contribution is 5.55. The van der Waals surface area contributed by atoms with Crippen molar-refractivity contribution in [2.75, 3.05) is 0 Å². The minimum atomic E-state index is 1.08. The fourth-order valence-electron chi connectivity index (χ4n) is 0.348. The lowest BCUT2D eigenvalue weighted by Gasteiger charge is -1.80.